The number of hydrogen-bond donors (Lipinski definition) is 5. The molecule has 310 valence electrons. The van der Waals surface area contributed by atoms with Gasteiger partial charge in [0.25, 0.3) is 17.4 Å². The summed E-state index contributed by atoms with van der Waals surface area (Å²) in [4.78, 5) is 98.8. The highest BCUT2D eigenvalue weighted by Gasteiger charge is 2.24. The zero-order chi connectivity index (χ0) is 44.2. The number of benzene rings is 3. The van der Waals surface area contributed by atoms with Gasteiger partial charge in [-0.2, -0.15) is 4.99 Å². The van der Waals surface area contributed by atoms with Crippen LogP contribution in [0.15, 0.2) is 167 Å². The molecule has 0 saturated carbocycles. The Hall–Kier alpha value is -9.31. The molecule has 16 nitrogen and oxygen atoms in total. The van der Waals surface area contributed by atoms with E-state index in [2.05, 4.69) is 58.7 Å². The SMILES string of the molecule is O=C1CC(C(=O)Nc2cncc(-c3cc(-c4cccnc4)cc(-c4cccc(-c5cc(-c6cccnc6)cc(-c6cncc(NC(=O)c7cc(=O)[nH]c(=O)[nH]7)c6)c5)c4)c3)c2)=NC(=O)N1. The van der Waals surface area contributed by atoms with Crippen molar-refractivity contribution < 1.29 is 19.2 Å². The minimum absolute atomic E-state index is 0.199. The molecule has 0 bridgehead atoms. The van der Waals surface area contributed by atoms with Crippen LogP contribution in [0.5, 0.6) is 0 Å². The number of hydrogen-bond acceptors (Lipinski definition) is 10. The van der Waals surface area contributed by atoms with E-state index >= 15 is 0 Å². The summed E-state index contributed by atoms with van der Waals surface area (Å²) >= 11 is 0. The molecule has 9 rings (SSSR count). The fourth-order valence-electron chi connectivity index (χ4n) is 7.16. The van der Waals surface area contributed by atoms with Crippen LogP contribution in [-0.2, 0) is 9.59 Å². The van der Waals surface area contributed by atoms with Crippen molar-refractivity contribution in [2.75, 3.05) is 10.6 Å². The number of amides is 5. The number of pyridine rings is 4. The summed E-state index contributed by atoms with van der Waals surface area (Å²) in [5, 5.41) is 7.47. The maximum Gasteiger partial charge on any atom is 0.348 e. The monoisotopic (exact) mass is 844 g/mol. The number of imide groups is 1. The Morgan fingerprint density at radius 2 is 0.938 bits per heavy atom. The molecule has 8 aromatic rings. The summed E-state index contributed by atoms with van der Waals surface area (Å²) in [6.07, 6.45) is 12.9. The average molecular weight is 845 g/mol. The van der Waals surface area contributed by atoms with E-state index in [-0.39, 0.29) is 17.8 Å². The molecule has 0 radical (unpaired) electrons. The average Bonchev–Trinajstić information content (AvgIpc) is 3.31. The molecule has 0 saturated heterocycles. The van der Waals surface area contributed by atoms with E-state index in [1.807, 2.05) is 77.0 Å². The predicted molar refractivity (Wildman–Crippen MR) is 240 cm³/mol. The van der Waals surface area contributed by atoms with Crippen LogP contribution in [0, 0.1) is 0 Å². The standard InChI is InChI=1S/C48H32N10O6/c59-43-19-41(55-47(63)57-43)45(61)53-39-17-37(23-51-25-39)35-13-31(11-33(15-35)29-6-2-8-49-21-29)27-4-1-5-28(10-27)32-12-34(30-7-3-9-50-22-30)16-36(14-32)38-18-40(26-52-24-38)54-46(62)42-20-44(60)58-48(64)56-42/h1-19,21-26H,20H2,(H,53,61)(H,54,62)(H,58,60,64)(H2,55,57,59,63). The van der Waals surface area contributed by atoms with Gasteiger partial charge in [0.1, 0.15) is 11.4 Å². The van der Waals surface area contributed by atoms with E-state index in [4.69, 9.17) is 0 Å². The highest BCUT2D eigenvalue weighted by atomic mass is 16.2. The molecule has 0 aliphatic carbocycles. The molecule has 5 amide bonds. The topological polar surface area (TPSA) is 234 Å². The van der Waals surface area contributed by atoms with Gasteiger partial charge in [0.05, 0.1) is 30.2 Å². The molecular weight excluding hydrogens is 813 g/mol. The molecule has 0 atom stereocenters. The molecule has 64 heavy (non-hydrogen) atoms. The van der Waals surface area contributed by atoms with Crippen molar-refractivity contribution in [2.45, 2.75) is 6.42 Å². The predicted octanol–water partition coefficient (Wildman–Crippen LogP) is 6.92. The number of rotatable bonds is 10. The fraction of sp³-hybridized carbons (Fsp3) is 0.0208. The number of aromatic nitrogens is 6. The van der Waals surface area contributed by atoms with Crippen molar-refractivity contribution in [1.82, 2.24) is 35.2 Å². The van der Waals surface area contributed by atoms with Gasteiger partial charge in [-0.05, 0) is 111 Å². The molecule has 1 aliphatic heterocycles. The van der Waals surface area contributed by atoms with Crippen LogP contribution in [0.2, 0.25) is 0 Å². The molecule has 16 heteroatoms. The van der Waals surface area contributed by atoms with Crippen molar-refractivity contribution >= 4 is 40.8 Å². The fourth-order valence-corrected chi connectivity index (χ4v) is 7.16. The lowest BCUT2D eigenvalue weighted by atomic mass is 9.91. The quantitative estimate of drug-likeness (QED) is 0.0953. The summed E-state index contributed by atoms with van der Waals surface area (Å²) < 4.78 is 0. The maximum atomic E-state index is 13.0. The number of H-pyrrole nitrogens is 2. The van der Waals surface area contributed by atoms with E-state index in [1.54, 1.807) is 49.3 Å². The van der Waals surface area contributed by atoms with Crippen LogP contribution in [0.4, 0.5) is 16.2 Å². The van der Waals surface area contributed by atoms with Crippen molar-refractivity contribution in [3.8, 4) is 66.8 Å². The lowest BCUT2D eigenvalue weighted by molar-refractivity contribution is -0.119. The zero-order valence-electron chi connectivity index (χ0n) is 33.3. The zero-order valence-corrected chi connectivity index (χ0v) is 33.3. The molecule has 5 aromatic heterocycles. The summed E-state index contributed by atoms with van der Waals surface area (Å²) in [5.41, 5.74) is 8.82. The smallest absolute Gasteiger partial charge is 0.319 e. The van der Waals surface area contributed by atoms with Crippen LogP contribution in [0.1, 0.15) is 16.9 Å². The summed E-state index contributed by atoms with van der Waals surface area (Å²) in [7, 11) is 0. The normalized spacial score (nSPS) is 12.2. The second-order valence-electron chi connectivity index (χ2n) is 14.6. The number of aromatic amines is 2. The number of aliphatic imine (C=N–C) groups is 1. The Bertz CT molecular complexity index is 3280. The molecule has 0 unspecified atom stereocenters. The second kappa shape index (κ2) is 17.3. The van der Waals surface area contributed by atoms with Gasteiger partial charge in [-0.3, -0.25) is 49.4 Å². The Kier molecular flexibility index (Phi) is 10.9. The number of anilines is 2. The largest absolute Gasteiger partial charge is 0.348 e. The van der Waals surface area contributed by atoms with Crippen LogP contribution >= 0.6 is 0 Å². The van der Waals surface area contributed by atoms with Gasteiger partial charge in [-0.25, -0.2) is 9.59 Å². The number of nitrogens with zero attached hydrogens (tertiary/aromatic N) is 5. The molecule has 1 aliphatic rings. The highest BCUT2D eigenvalue weighted by Crippen LogP contribution is 2.37. The van der Waals surface area contributed by atoms with E-state index in [0.29, 0.717) is 22.5 Å². The summed E-state index contributed by atoms with van der Waals surface area (Å²) in [6.45, 7) is 0. The van der Waals surface area contributed by atoms with Gasteiger partial charge < -0.3 is 15.6 Å². The minimum Gasteiger partial charge on any atom is -0.319 e. The van der Waals surface area contributed by atoms with Gasteiger partial charge >= 0.3 is 11.7 Å². The Balaban J connectivity index is 1.09. The van der Waals surface area contributed by atoms with Crippen LogP contribution in [-0.4, -0.2) is 59.4 Å². The molecule has 5 N–H and O–H groups in total. The summed E-state index contributed by atoms with van der Waals surface area (Å²) in [5.74, 6) is -1.98. The first kappa shape index (κ1) is 40.1. The van der Waals surface area contributed by atoms with Crippen LogP contribution in [0.25, 0.3) is 66.8 Å². The van der Waals surface area contributed by atoms with Crippen LogP contribution < -0.4 is 27.2 Å². The second-order valence-corrected chi connectivity index (χ2v) is 14.6. The van der Waals surface area contributed by atoms with Gasteiger partial charge in [-0.15, -0.1) is 0 Å². The number of carbonyl (C=O) groups excluding carboxylic acids is 4. The third-order valence-electron chi connectivity index (χ3n) is 10.1. The molecular formula is C48H32N10O6. The van der Waals surface area contributed by atoms with Crippen molar-refractivity contribution in [1.29, 1.82) is 0 Å². The first-order chi connectivity index (χ1) is 31.1. The molecule has 6 heterocycles. The lowest BCUT2D eigenvalue weighted by Gasteiger charge is -2.15. The number of nitrogens with one attached hydrogen (secondary N) is 5. The van der Waals surface area contributed by atoms with Crippen molar-refractivity contribution in [3.63, 3.8) is 0 Å². The van der Waals surface area contributed by atoms with E-state index in [9.17, 15) is 28.8 Å². The first-order valence-corrected chi connectivity index (χ1v) is 19.6. The Morgan fingerprint density at radius 1 is 0.469 bits per heavy atom. The maximum absolute atomic E-state index is 13.0. The molecule has 3 aromatic carbocycles. The van der Waals surface area contributed by atoms with Crippen molar-refractivity contribution in [2.24, 2.45) is 4.99 Å². The highest BCUT2D eigenvalue weighted by molar-refractivity contribution is 6.48. The first-order valence-electron chi connectivity index (χ1n) is 19.6. The molecule has 0 fully saturated rings. The van der Waals surface area contributed by atoms with Gasteiger partial charge in [-0.1, -0.05) is 30.3 Å². The van der Waals surface area contributed by atoms with Gasteiger partial charge in [0.15, 0.2) is 0 Å². The minimum atomic E-state index is -0.894. The van der Waals surface area contributed by atoms with Gasteiger partial charge in [0.2, 0.25) is 5.91 Å². The van der Waals surface area contributed by atoms with E-state index < -0.39 is 35.0 Å². The third-order valence-corrected chi connectivity index (χ3v) is 10.1. The van der Waals surface area contributed by atoms with E-state index in [0.717, 1.165) is 61.7 Å². The summed E-state index contributed by atoms with van der Waals surface area (Å²) in [6, 6.07) is 31.6. The van der Waals surface area contributed by atoms with Crippen LogP contribution in [0.3, 0.4) is 0 Å². The third kappa shape index (κ3) is 9.05. The van der Waals surface area contributed by atoms with Gasteiger partial charge in [0, 0.05) is 65.5 Å². The Morgan fingerprint density at radius 3 is 1.44 bits per heavy atom. The Labute approximate surface area is 362 Å². The number of carbonyl (C=O) groups is 4. The lowest BCUT2D eigenvalue weighted by Crippen LogP contribution is -2.39. The van der Waals surface area contributed by atoms with E-state index in [1.165, 1.54) is 12.4 Å². The molecule has 0 spiro atoms. The van der Waals surface area contributed by atoms with Crippen molar-refractivity contribution in [3.05, 3.63) is 179 Å². The number of urea groups is 1.